The average molecular weight is 355 g/mol. The molecule has 4 heteroatoms. The molecular weight excluding hydrogens is 341 g/mol. The van der Waals surface area contributed by atoms with Crippen molar-refractivity contribution in [2.75, 3.05) is 7.11 Å². The van der Waals surface area contributed by atoms with Crippen LogP contribution in [0.1, 0.15) is 12.5 Å². The molecular formula is C14H14INO2. The first kappa shape index (κ1) is 13.4. The zero-order valence-corrected chi connectivity index (χ0v) is 12.4. The smallest absolute Gasteiger partial charge is 0.148 e. The molecule has 0 saturated carbocycles. The Kier molecular flexibility index (Phi) is 4.29. The van der Waals surface area contributed by atoms with Crippen LogP contribution in [-0.2, 0) is 9.53 Å². The largest absolute Gasteiger partial charge is 0.376 e. The molecule has 1 aromatic heterocycles. The van der Waals surface area contributed by atoms with E-state index in [1.165, 1.54) is 0 Å². The number of hydrogen-bond donors (Lipinski definition) is 0. The molecule has 0 bridgehead atoms. The molecule has 1 aromatic rings. The lowest BCUT2D eigenvalue weighted by Crippen LogP contribution is -2.25. The fraction of sp³-hybridized carbons (Fsp3) is 0.286. The molecule has 0 N–H and O–H groups in total. The van der Waals surface area contributed by atoms with Crippen molar-refractivity contribution in [2.45, 2.75) is 13.0 Å². The summed E-state index contributed by atoms with van der Waals surface area (Å²) in [6.45, 7) is 2.05. The summed E-state index contributed by atoms with van der Waals surface area (Å²) < 4.78 is 6.30. The standard InChI is InChI=1S/C14H14INO2/c1-9-5-11(6-12(8-17)14(9)18-2)10-3-4-13(15)16-7-10/h3-9,14H,1-2H3. The average Bonchev–Trinajstić information content (AvgIpc) is 2.38. The molecule has 18 heavy (non-hydrogen) atoms. The Labute approximate surface area is 120 Å². The number of aldehydes is 1. The topological polar surface area (TPSA) is 39.2 Å². The second-order valence-corrected chi connectivity index (χ2v) is 5.37. The number of rotatable bonds is 3. The number of methoxy groups -OCH3 is 1. The summed E-state index contributed by atoms with van der Waals surface area (Å²) in [6.07, 6.45) is 6.54. The van der Waals surface area contributed by atoms with E-state index in [2.05, 4.69) is 33.7 Å². The van der Waals surface area contributed by atoms with Gasteiger partial charge in [-0.1, -0.05) is 19.1 Å². The number of aromatic nitrogens is 1. The molecule has 1 aliphatic carbocycles. The van der Waals surface area contributed by atoms with Crippen LogP contribution in [0.25, 0.3) is 5.57 Å². The highest BCUT2D eigenvalue weighted by Crippen LogP contribution is 2.29. The molecule has 0 radical (unpaired) electrons. The lowest BCUT2D eigenvalue weighted by molar-refractivity contribution is -0.106. The van der Waals surface area contributed by atoms with Gasteiger partial charge in [-0.05, 0) is 45.9 Å². The van der Waals surface area contributed by atoms with Crippen molar-refractivity contribution in [3.05, 3.63) is 45.3 Å². The molecule has 1 aliphatic rings. The van der Waals surface area contributed by atoms with Gasteiger partial charge < -0.3 is 4.74 Å². The highest BCUT2D eigenvalue weighted by molar-refractivity contribution is 14.1. The molecule has 2 atom stereocenters. The quantitative estimate of drug-likeness (QED) is 0.476. The number of hydrogen-bond acceptors (Lipinski definition) is 3. The summed E-state index contributed by atoms with van der Waals surface area (Å²) in [6, 6.07) is 3.97. The number of carbonyl (C=O) groups is 1. The van der Waals surface area contributed by atoms with E-state index in [-0.39, 0.29) is 12.0 Å². The Morgan fingerprint density at radius 1 is 1.44 bits per heavy atom. The minimum atomic E-state index is -0.150. The third kappa shape index (κ3) is 2.70. The van der Waals surface area contributed by atoms with Crippen LogP contribution < -0.4 is 0 Å². The van der Waals surface area contributed by atoms with E-state index in [1.54, 1.807) is 7.11 Å². The van der Waals surface area contributed by atoms with Gasteiger partial charge in [0.05, 0.1) is 6.10 Å². The van der Waals surface area contributed by atoms with E-state index in [0.717, 1.165) is 21.1 Å². The zero-order chi connectivity index (χ0) is 13.1. The first-order valence-electron chi connectivity index (χ1n) is 5.69. The Morgan fingerprint density at radius 2 is 2.22 bits per heavy atom. The van der Waals surface area contributed by atoms with Gasteiger partial charge in [0, 0.05) is 24.8 Å². The predicted molar refractivity (Wildman–Crippen MR) is 79.0 cm³/mol. The van der Waals surface area contributed by atoms with E-state index < -0.39 is 0 Å². The van der Waals surface area contributed by atoms with Crippen LogP contribution >= 0.6 is 22.6 Å². The molecule has 0 saturated heterocycles. The first-order chi connectivity index (χ1) is 8.65. The van der Waals surface area contributed by atoms with Crippen molar-refractivity contribution in [3.8, 4) is 0 Å². The lowest BCUT2D eigenvalue weighted by atomic mass is 9.87. The molecule has 2 rings (SSSR count). The van der Waals surface area contributed by atoms with Gasteiger partial charge in [0.1, 0.15) is 9.99 Å². The Bertz CT molecular complexity index is 505. The Balaban J connectivity index is 2.37. The SMILES string of the molecule is COC1C(C=O)=CC(c2ccc(I)nc2)=CC1C. The normalized spacial score (nSPS) is 23.3. The van der Waals surface area contributed by atoms with Crippen molar-refractivity contribution in [1.29, 1.82) is 0 Å². The van der Waals surface area contributed by atoms with Gasteiger partial charge in [0.15, 0.2) is 0 Å². The molecule has 0 aliphatic heterocycles. The van der Waals surface area contributed by atoms with Gasteiger partial charge in [-0.25, -0.2) is 4.98 Å². The van der Waals surface area contributed by atoms with Crippen molar-refractivity contribution < 1.29 is 9.53 Å². The second kappa shape index (κ2) is 5.75. The summed E-state index contributed by atoms with van der Waals surface area (Å²) >= 11 is 2.17. The molecule has 0 spiro atoms. The van der Waals surface area contributed by atoms with E-state index in [4.69, 9.17) is 4.74 Å². The van der Waals surface area contributed by atoms with Crippen LogP contribution in [0, 0.1) is 9.62 Å². The maximum Gasteiger partial charge on any atom is 0.148 e. The summed E-state index contributed by atoms with van der Waals surface area (Å²) in [5.41, 5.74) is 2.74. The van der Waals surface area contributed by atoms with Crippen molar-refractivity contribution in [1.82, 2.24) is 4.98 Å². The third-order valence-electron chi connectivity index (χ3n) is 3.02. The first-order valence-corrected chi connectivity index (χ1v) is 6.77. The lowest BCUT2D eigenvalue weighted by Gasteiger charge is -2.25. The van der Waals surface area contributed by atoms with Crippen LogP contribution in [-0.4, -0.2) is 24.5 Å². The molecule has 94 valence electrons. The molecule has 1 heterocycles. The van der Waals surface area contributed by atoms with E-state index in [9.17, 15) is 4.79 Å². The molecule has 0 aromatic carbocycles. The van der Waals surface area contributed by atoms with Crippen molar-refractivity contribution in [3.63, 3.8) is 0 Å². The van der Waals surface area contributed by atoms with Crippen LogP contribution in [0.4, 0.5) is 0 Å². The van der Waals surface area contributed by atoms with Crippen LogP contribution in [0.5, 0.6) is 0 Å². The van der Waals surface area contributed by atoms with Crippen molar-refractivity contribution in [2.24, 2.45) is 5.92 Å². The number of ether oxygens (including phenoxy) is 1. The minimum absolute atomic E-state index is 0.150. The summed E-state index contributed by atoms with van der Waals surface area (Å²) in [5.74, 6) is 0.175. The zero-order valence-electron chi connectivity index (χ0n) is 10.3. The molecule has 3 nitrogen and oxygen atoms in total. The van der Waals surface area contributed by atoms with Gasteiger partial charge in [-0.3, -0.25) is 4.79 Å². The van der Waals surface area contributed by atoms with Gasteiger partial charge in [0.25, 0.3) is 0 Å². The van der Waals surface area contributed by atoms with Crippen LogP contribution in [0.15, 0.2) is 36.1 Å². The molecule has 0 amide bonds. The third-order valence-corrected chi connectivity index (χ3v) is 3.66. The van der Waals surface area contributed by atoms with E-state index in [0.29, 0.717) is 5.57 Å². The monoisotopic (exact) mass is 355 g/mol. The van der Waals surface area contributed by atoms with E-state index >= 15 is 0 Å². The maximum absolute atomic E-state index is 11.1. The summed E-state index contributed by atoms with van der Waals surface area (Å²) in [4.78, 5) is 15.4. The molecule has 2 unspecified atom stereocenters. The Hall–Kier alpha value is -1.01. The number of nitrogens with zero attached hydrogens (tertiary/aromatic N) is 1. The number of carbonyl (C=O) groups excluding carboxylic acids is 1. The summed E-state index contributed by atoms with van der Waals surface area (Å²) in [7, 11) is 1.63. The number of pyridine rings is 1. The van der Waals surface area contributed by atoms with Crippen LogP contribution in [0.2, 0.25) is 0 Å². The fourth-order valence-corrected chi connectivity index (χ4v) is 2.48. The van der Waals surface area contributed by atoms with Gasteiger partial charge in [0.2, 0.25) is 0 Å². The van der Waals surface area contributed by atoms with Crippen LogP contribution in [0.3, 0.4) is 0 Å². The van der Waals surface area contributed by atoms with Gasteiger partial charge >= 0.3 is 0 Å². The summed E-state index contributed by atoms with van der Waals surface area (Å²) in [5, 5.41) is 0. The fourth-order valence-electron chi connectivity index (χ4n) is 2.16. The van der Waals surface area contributed by atoms with E-state index in [1.807, 2.05) is 31.3 Å². The highest BCUT2D eigenvalue weighted by Gasteiger charge is 2.24. The minimum Gasteiger partial charge on any atom is -0.376 e. The molecule has 0 fully saturated rings. The van der Waals surface area contributed by atoms with Gasteiger partial charge in [-0.15, -0.1) is 0 Å². The number of allylic oxidation sites excluding steroid dienone is 2. The predicted octanol–water partition coefficient (Wildman–Crippen LogP) is 2.86. The Morgan fingerprint density at radius 3 is 2.78 bits per heavy atom. The van der Waals surface area contributed by atoms with Gasteiger partial charge in [-0.2, -0.15) is 0 Å². The van der Waals surface area contributed by atoms with Crippen molar-refractivity contribution >= 4 is 34.5 Å². The highest BCUT2D eigenvalue weighted by atomic mass is 127. The second-order valence-electron chi connectivity index (χ2n) is 4.27. The maximum atomic E-state index is 11.1. The number of halogens is 1.